The molecule has 6 heteroatoms. The second-order valence-corrected chi connectivity index (χ2v) is 8.02. The zero-order valence-corrected chi connectivity index (χ0v) is 16.1. The van der Waals surface area contributed by atoms with Gasteiger partial charge in [-0.15, -0.1) is 0 Å². The molecule has 1 N–H and O–H groups in total. The lowest BCUT2D eigenvalue weighted by molar-refractivity contribution is -0.117. The van der Waals surface area contributed by atoms with E-state index in [1.807, 2.05) is 59.3 Å². The molecular formula is C24H17N5O. The topological polar surface area (TPSA) is 83.6 Å². The van der Waals surface area contributed by atoms with Gasteiger partial charge in [0.25, 0.3) is 0 Å². The van der Waals surface area contributed by atoms with Crippen molar-refractivity contribution in [3.05, 3.63) is 66.2 Å². The predicted octanol–water partition coefficient (Wildman–Crippen LogP) is 4.47. The molecule has 2 aromatic carbocycles. The van der Waals surface area contributed by atoms with E-state index in [1.54, 1.807) is 0 Å². The molecule has 1 saturated carbocycles. The summed E-state index contributed by atoms with van der Waals surface area (Å²) < 4.78 is 1.86. The van der Waals surface area contributed by atoms with Crippen molar-refractivity contribution in [1.82, 2.24) is 14.8 Å². The number of hydrogen-bond donors (Lipinski definition) is 1. The molecule has 1 fully saturated rings. The van der Waals surface area contributed by atoms with Crippen LogP contribution in [0.3, 0.4) is 0 Å². The molecule has 144 valence electrons. The number of nitriles is 1. The first kappa shape index (κ1) is 16.9. The number of nitrogens with one attached hydrogen (secondary N) is 1. The molecule has 2 aromatic heterocycles. The van der Waals surface area contributed by atoms with Gasteiger partial charge in [-0.1, -0.05) is 48.5 Å². The lowest BCUT2D eigenvalue weighted by Gasteiger charge is -2.23. The van der Waals surface area contributed by atoms with Crippen molar-refractivity contribution in [3.8, 4) is 28.6 Å². The molecule has 6 rings (SSSR count). The minimum atomic E-state index is -0.253. The molecule has 1 amide bonds. The van der Waals surface area contributed by atoms with Gasteiger partial charge in [-0.3, -0.25) is 4.79 Å². The predicted molar refractivity (Wildman–Crippen MR) is 114 cm³/mol. The van der Waals surface area contributed by atoms with E-state index in [2.05, 4.69) is 17.5 Å². The van der Waals surface area contributed by atoms with Gasteiger partial charge in [-0.2, -0.15) is 10.4 Å². The Labute approximate surface area is 172 Å². The van der Waals surface area contributed by atoms with E-state index >= 15 is 0 Å². The second-order valence-electron chi connectivity index (χ2n) is 8.02. The zero-order chi connectivity index (χ0) is 20.3. The third-order valence-corrected chi connectivity index (χ3v) is 6.06. The van der Waals surface area contributed by atoms with Crippen molar-refractivity contribution < 1.29 is 4.79 Å². The maximum absolute atomic E-state index is 12.2. The molecular weight excluding hydrogens is 374 g/mol. The molecule has 30 heavy (non-hydrogen) atoms. The van der Waals surface area contributed by atoms with E-state index in [0.29, 0.717) is 23.5 Å². The van der Waals surface area contributed by atoms with Crippen LogP contribution in [0, 0.1) is 11.3 Å². The summed E-state index contributed by atoms with van der Waals surface area (Å²) in [5, 5.41) is 18.5. The van der Waals surface area contributed by atoms with Crippen LogP contribution in [0.2, 0.25) is 0 Å². The van der Waals surface area contributed by atoms with Gasteiger partial charge >= 0.3 is 0 Å². The molecule has 0 atom stereocenters. The van der Waals surface area contributed by atoms with E-state index in [-0.39, 0.29) is 11.4 Å². The van der Waals surface area contributed by atoms with Crippen LogP contribution in [0.5, 0.6) is 0 Å². The van der Waals surface area contributed by atoms with Crippen molar-refractivity contribution >= 4 is 22.6 Å². The number of aromatic nitrogens is 3. The number of hydrogen-bond acceptors (Lipinski definition) is 4. The minimum Gasteiger partial charge on any atom is -0.310 e. The Bertz CT molecular complexity index is 1380. The molecule has 0 radical (unpaired) electrons. The lowest BCUT2D eigenvalue weighted by Crippen LogP contribution is -2.33. The smallest absolute Gasteiger partial charge is 0.227 e. The van der Waals surface area contributed by atoms with Crippen LogP contribution in [0.25, 0.3) is 33.4 Å². The number of anilines is 1. The van der Waals surface area contributed by atoms with Gasteiger partial charge in [0.05, 0.1) is 23.2 Å². The summed E-state index contributed by atoms with van der Waals surface area (Å²) >= 11 is 0. The van der Waals surface area contributed by atoms with Crippen molar-refractivity contribution in [3.63, 3.8) is 0 Å². The van der Waals surface area contributed by atoms with Crippen molar-refractivity contribution in [2.24, 2.45) is 0 Å². The van der Waals surface area contributed by atoms with Gasteiger partial charge in [-0.05, 0) is 25.0 Å². The Morgan fingerprint density at radius 1 is 1.03 bits per heavy atom. The first-order valence-corrected chi connectivity index (χ1v) is 9.97. The number of benzene rings is 2. The highest BCUT2D eigenvalue weighted by molar-refractivity contribution is 5.96. The number of nitrogens with zero attached hydrogens (tertiary/aromatic N) is 4. The number of pyridine rings is 1. The second kappa shape index (κ2) is 6.01. The van der Waals surface area contributed by atoms with E-state index in [9.17, 15) is 10.1 Å². The van der Waals surface area contributed by atoms with Crippen LogP contribution in [-0.4, -0.2) is 20.7 Å². The van der Waals surface area contributed by atoms with Crippen LogP contribution in [0.4, 0.5) is 5.82 Å². The molecule has 3 heterocycles. The number of carbonyl (C=O) groups excluding carboxylic acids is 1. The van der Waals surface area contributed by atoms with E-state index < -0.39 is 0 Å². The number of carbonyl (C=O) groups is 1. The number of rotatable bonds is 2. The van der Waals surface area contributed by atoms with Crippen molar-refractivity contribution in [2.45, 2.75) is 24.8 Å². The van der Waals surface area contributed by atoms with E-state index in [4.69, 9.17) is 10.1 Å². The van der Waals surface area contributed by atoms with Crippen molar-refractivity contribution in [2.75, 3.05) is 5.32 Å². The molecule has 4 aromatic rings. The van der Waals surface area contributed by atoms with Gasteiger partial charge in [0.15, 0.2) is 0 Å². The third-order valence-electron chi connectivity index (χ3n) is 6.06. The summed E-state index contributed by atoms with van der Waals surface area (Å²) in [6, 6.07) is 22.3. The fraction of sp³-hybridized carbons (Fsp3) is 0.167. The fourth-order valence-corrected chi connectivity index (χ4v) is 4.30. The molecule has 0 bridgehead atoms. The molecule has 0 saturated heterocycles. The maximum Gasteiger partial charge on any atom is 0.227 e. The Balaban J connectivity index is 1.51. The van der Waals surface area contributed by atoms with Gasteiger partial charge in [0.1, 0.15) is 23.1 Å². The van der Waals surface area contributed by atoms with Crippen LogP contribution >= 0.6 is 0 Å². The molecule has 1 spiro atoms. The largest absolute Gasteiger partial charge is 0.310 e. The van der Waals surface area contributed by atoms with Crippen molar-refractivity contribution in [1.29, 1.82) is 5.26 Å². The molecule has 1 aliphatic carbocycles. The van der Waals surface area contributed by atoms with E-state index in [1.165, 1.54) is 0 Å². The van der Waals surface area contributed by atoms with Crippen LogP contribution in [0.1, 0.15) is 24.8 Å². The van der Waals surface area contributed by atoms with Gasteiger partial charge in [-0.25, -0.2) is 9.67 Å². The van der Waals surface area contributed by atoms with Gasteiger partial charge < -0.3 is 5.32 Å². The summed E-state index contributed by atoms with van der Waals surface area (Å²) in [5.41, 5.74) is 4.37. The summed E-state index contributed by atoms with van der Waals surface area (Å²) in [4.78, 5) is 17.0. The first-order valence-electron chi connectivity index (χ1n) is 9.97. The minimum absolute atomic E-state index is 0.0457. The normalized spacial score (nSPS) is 16.2. The Morgan fingerprint density at radius 2 is 1.83 bits per heavy atom. The molecule has 6 nitrogen and oxygen atoms in total. The fourth-order valence-electron chi connectivity index (χ4n) is 4.30. The highest BCUT2D eigenvalue weighted by Crippen LogP contribution is 2.51. The SMILES string of the molecule is N#Cc1c(-c2ccc3ccc(-c4ccccc4)nc3c2)nn2c1NC(=O)CC21CC1. The number of fused-ring (bicyclic) bond motifs is 3. The lowest BCUT2D eigenvalue weighted by atomic mass is 10.0. The Morgan fingerprint density at radius 3 is 2.60 bits per heavy atom. The zero-order valence-electron chi connectivity index (χ0n) is 16.1. The standard InChI is InChI=1S/C24H17N5O/c25-14-18-22(28-29-23(18)27-21(30)13-24(29)10-11-24)17-7-6-16-8-9-19(26-20(16)12-17)15-4-2-1-3-5-15/h1-9,12H,10-11,13H2,(H,27,30). The average molecular weight is 391 g/mol. The monoisotopic (exact) mass is 391 g/mol. The molecule has 0 unspecified atom stereocenters. The Hall–Kier alpha value is -3.98. The van der Waals surface area contributed by atoms with Crippen LogP contribution in [0.15, 0.2) is 60.7 Å². The summed E-state index contributed by atoms with van der Waals surface area (Å²) in [6.45, 7) is 0. The maximum atomic E-state index is 12.2. The summed E-state index contributed by atoms with van der Waals surface area (Å²) in [6.07, 6.45) is 2.25. The van der Waals surface area contributed by atoms with Gasteiger partial charge in [0.2, 0.25) is 5.91 Å². The summed E-state index contributed by atoms with van der Waals surface area (Å²) in [5.74, 6) is 0.475. The first-order chi connectivity index (χ1) is 14.7. The van der Waals surface area contributed by atoms with E-state index in [0.717, 1.165) is 40.6 Å². The van der Waals surface area contributed by atoms with Gasteiger partial charge in [0, 0.05) is 16.5 Å². The van der Waals surface area contributed by atoms with Crippen LogP contribution in [-0.2, 0) is 10.3 Å². The third kappa shape index (κ3) is 2.45. The highest BCUT2D eigenvalue weighted by Gasteiger charge is 2.52. The average Bonchev–Trinajstić information content (AvgIpc) is 3.43. The molecule has 2 aliphatic rings. The Kier molecular flexibility index (Phi) is 3.39. The quantitative estimate of drug-likeness (QED) is 0.546. The number of amides is 1. The highest BCUT2D eigenvalue weighted by atomic mass is 16.2. The summed E-state index contributed by atoms with van der Waals surface area (Å²) in [7, 11) is 0. The van der Waals surface area contributed by atoms with Crippen LogP contribution < -0.4 is 5.32 Å². The molecule has 1 aliphatic heterocycles.